The van der Waals surface area contributed by atoms with E-state index in [0.717, 1.165) is 25.7 Å². The van der Waals surface area contributed by atoms with E-state index in [0.29, 0.717) is 5.69 Å². The highest BCUT2D eigenvalue weighted by molar-refractivity contribution is 5.46. The molecule has 0 saturated heterocycles. The van der Waals surface area contributed by atoms with Crippen LogP contribution < -0.4 is 5.32 Å². The molecule has 0 amide bonds. The van der Waals surface area contributed by atoms with Crippen LogP contribution in [0.15, 0.2) is 24.3 Å². The van der Waals surface area contributed by atoms with Crippen molar-refractivity contribution < 1.29 is 14.2 Å². The molecule has 18 heavy (non-hydrogen) atoms. The maximum atomic E-state index is 13.2. The molecule has 1 aliphatic carbocycles. The Bertz CT molecular complexity index is 399. The zero-order valence-electron chi connectivity index (χ0n) is 10.7. The summed E-state index contributed by atoms with van der Waals surface area (Å²) in [4.78, 5) is 0. The Balaban J connectivity index is 2.12. The molecule has 2 N–H and O–H groups in total. The molecule has 0 heterocycles. The zero-order valence-corrected chi connectivity index (χ0v) is 10.7. The molecule has 0 bridgehead atoms. The molecule has 0 spiro atoms. The molecular formula is C14H20FNO2. The van der Waals surface area contributed by atoms with Crippen molar-refractivity contribution in [2.45, 2.75) is 37.3 Å². The number of benzene rings is 1. The first-order chi connectivity index (χ1) is 8.67. The lowest BCUT2D eigenvalue weighted by atomic mass is 9.80. The number of rotatable bonds is 4. The summed E-state index contributed by atoms with van der Waals surface area (Å²) in [5, 5.41) is 13.0. The number of hydrogen-bond acceptors (Lipinski definition) is 3. The summed E-state index contributed by atoms with van der Waals surface area (Å²) in [6, 6.07) is 6.35. The highest BCUT2D eigenvalue weighted by atomic mass is 19.1. The van der Waals surface area contributed by atoms with Gasteiger partial charge in [-0.2, -0.15) is 0 Å². The van der Waals surface area contributed by atoms with E-state index < -0.39 is 5.54 Å². The normalized spacial score (nSPS) is 28.1. The molecule has 1 aromatic carbocycles. The van der Waals surface area contributed by atoms with E-state index in [1.807, 2.05) is 6.07 Å². The summed E-state index contributed by atoms with van der Waals surface area (Å²) in [7, 11) is 1.69. The highest BCUT2D eigenvalue weighted by Gasteiger charge is 2.36. The van der Waals surface area contributed by atoms with Crippen molar-refractivity contribution in [3.63, 3.8) is 0 Å². The molecule has 100 valence electrons. The molecule has 1 aromatic rings. The Morgan fingerprint density at radius 1 is 1.56 bits per heavy atom. The van der Waals surface area contributed by atoms with Gasteiger partial charge in [0.2, 0.25) is 0 Å². The smallest absolute Gasteiger partial charge is 0.125 e. The predicted molar refractivity (Wildman–Crippen MR) is 69.1 cm³/mol. The second-order valence-corrected chi connectivity index (χ2v) is 5.03. The molecule has 0 aromatic heterocycles. The summed E-state index contributed by atoms with van der Waals surface area (Å²) in [5.74, 6) is -0.271. The number of anilines is 1. The number of aliphatic hydroxyl groups excluding tert-OH is 1. The zero-order chi connectivity index (χ0) is 13.0. The number of methoxy groups -OCH3 is 1. The topological polar surface area (TPSA) is 41.5 Å². The Kier molecular flexibility index (Phi) is 4.19. The first-order valence-corrected chi connectivity index (χ1v) is 6.35. The second kappa shape index (κ2) is 5.67. The van der Waals surface area contributed by atoms with Crippen LogP contribution in [0, 0.1) is 5.82 Å². The fourth-order valence-electron chi connectivity index (χ4n) is 2.68. The van der Waals surface area contributed by atoms with E-state index in [-0.39, 0.29) is 18.5 Å². The summed E-state index contributed by atoms with van der Waals surface area (Å²) in [6.07, 6.45) is 3.80. The van der Waals surface area contributed by atoms with Crippen molar-refractivity contribution in [1.29, 1.82) is 0 Å². The lowest BCUT2D eigenvalue weighted by molar-refractivity contribution is 0.0307. The molecular weight excluding hydrogens is 233 g/mol. The lowest BCUT2D eigenvalue weighted by Gasteiger charge is -2.40. The minimum Gasteiger partial charge on any atom is -0.394 e. The molecule has 2 rings (SSSR count). The maximum absolute atomic E-state index is 13.2. The third-order valence-corrected chi connectivity index (χ3v) is 3.67. The summed E-state index contributed by atoms with van der Waals surface area (Å²) >= 11 is 0. The van der Waals surface area contributed by atoms with Gasteiger partial charge in [0, 0.05) is 12.8 Å². The van der Waals surface area contributed by atoms with Gasteiger partial charge < -0.3 is 15.2 Å². The number of ether oxygens (including phenoxy) is 1. The van der Waals surface area contributed by atoms with E-state index in [2.05, 4.69) is 5.32 Å². The van der Waals surface area contributed by atoms with Crippen molar-refractivity contribution in [3.8, 4) is 0 Å². The largest absolute Gasteiger partial charge is 0.394 e. The quantitative estimate of drug-likeness (QED) is 0.866. The van der Waals surface area contributed by atoms with Crippen LogP contribution in [-0.2, 0) is 4.74 Å². The van der Waals surface area contributed by atoms with Crippen molar-refractivity contribution in [3.05, 3.63) is 30.1 Å². The van der Waals surface area contributed by atoms with Gasteiger partial charge in [-0.25, -0.2) is 4.39 Å². The molecule has 1 saturated carbocycles. The van der Waals surface area contributed by atoms with E-state index in [1.54, 1.807) is 13.2 Å². The highest BCUT2D eigenvalue weighted by Crippen LogP contribution is 2.32. The van der Waals surface area contributed by atoms with Crippen molar-refractivity contribution in [2.75, 3.05) is 19.0 Å². The van der Waals surface area contributed by atoms with E-state index in [9.17, 15) is 9.50 Å². The standard InChI is InChI=1S/C14H20FNO2/c1-18-13-6-3-7-14(9-13,10-17)16-12-5-2-4-11(15)8-12/h2,4-5,8,13,16-17H,3,6-7,9-10H2,1H3. The van der Waals surface area contributed by atoms with Gasteiger partial charge in [0.05, 0.1) is 18.2 Å². The third kappa shape index (κ3) is 3.00. The Hall–Kier alpha value is -1.13. The van der Waals surface area contributed by atoms with Gasteiger partial charge in [-0.15, -0.1) is 0 Å². The van der Waals surface area contributed by atoms with Gasteiger partial charge >= 0.3 is 0 Å². The van der Waals surface area contributed by atoms with Crippen LogP contribution in [0.2, 0.25) is 0 Å². The Morgan fingerprint density at radius 2 is 2.39 bits per heavy atom. The molecule has 2 unspecified atom stereocenters. The average molecular weight is 253 g/mol. The fourth-order valence-corrected chi connectivity index (χ4v) is 2.68. The summed E-state index contributed by atoms with van der Waals surface area (Å²) in [6.45, 7) is 0.0311. The van der Waals surface area contributed by atoms with Crippen molar-refractivity contribution in [1.82, 2.24) is 0 Å². The monoisotopic (exact) mass is 253 g/mol. The van der Waals surface area contributed by atoms with Crippen LogP contribution in [-0.4, -0.2) is 30.5 Å². The Labute approximate surface area is 107 Å². The van der Waals surface area contributed by atoms with Gasteiger partial charge in [-0.3, -0.25) is 0 Å². The molecule has 4 heteroatoms. The van der Waals surface area contributed by atoms with Crippen LogP contribution in [0.1, 0.15) is 25.7 Å². The minimum atomic E-state index is -0.396. The van der Waals surface area contributed by atoms with Gasteiger partial charge in [-0.1, -0.05) is 6.07 Å². The van der Waals surface area contributed by atoms with Crippen LogP contribution in [0.3, 0.4) is 0 Å². The third-order valence-electron chi connectivity index (χ3n) is 3.67. The molecule has 0 aliphatic heterocycles. The van der Waals surface area contributed by atoms with Gasteiger partial charge in [-0.05, 0) is 43.9 Å². The van der Waals surface area contributed by atoms with Crippen LogP contribution in [0.5, 0.6) is 0 Å². The molecule has 1 fully saturated rings. The number of halogens is 1. The molecule has 0 radical (unpaired) electrons. The predicted octanol–water partition coefficient (Wildman–Crippen LogP) is 2.56. The SMILES string of the molecule is COC1CCCC(CO)(Nc2cccc(F)c2)C1. The van der Waals surface area contributed by atoms with Crippen LogP contribution in [0.4, 0.5) is 10.1 Å². The van der Waals surface area contributed by atoms with Gasteiger partial charge in [0.1, 0.15) is 5.82 Å². The maximum Gasteiger partial charge on any atom is 0.125 e. The van der Waals surface area contributed by atoms with Crippen LogP contribution in [0.25, 0.3) is 0 Å². The van der Waals surface area contributed by atoms with Crippen molar-refractivity contribution >= 4 is 5.69 Å². The fraction of sp³-hybridized carbons (Fsp3) is 0.571. The number of aliphatic hydroxyl groups is 1. The van der Waals surface area contributed by atoms with Crippen molar-refractivity contribution in [2.24, 2.45) is 0 Å². The lowest BCUT2D eigenvalue weighted by Crippen LogP contribution is -2.48. The van der Waals surface area contributed by atoms with Gasteiger partial charge in [0.15, 0.2) is 0 Å². The average Bonchev–Trinajstić information content (AvgIpc) is 2.39. The molecule has 3 nitrogen and oxygen atoms in total. The van der Waals surface area contributed by atoms with E-state index >= 15 is 0 Å². The van der Waals surface area contributed by atoms with E-state index in [1.165, 1.54) is 12.1 Å². The molecule has 1 aliphatic rings. The second-order valence-electron chi connectivity index (χ2n) is 5.03. The number of hydrogen-bond donors (Lipinski definition) is 2. The Morgan fingerprint density at radius 3 is 3.06 bits per heavy atom. The van der Waals surface area contributed by atoms with Crippen LogP contribution >= 0.6 is 0 Å². The minimum absolute atomic E-state index is 0.0311. The number of nitrogens with one attached hydrogen (secondary N) is 1. The van der Waals surface area contributed by atoms with E-state index in [4.69, 9.17) is 4.74 Å². The summed E-state index contributed by atoms with van der Waals surface area (Å²) < 4.78 is 18.6. The summed E-state index contributed by atoms with van der Waals surface area (Å²) in [5.41, 5.74) is 0.313. The molecule has 2 atom stereocenters. The first kappa shape index (κ1) is 13.3. The first-order valence-electron chi connectivity index (χ1n) is 6.35. The van der Waals surface area contributed by atoms with Gasteiger partial charge in [0.25, 0.3) is 0 Å².